The molecule has 1 fully saturated rings. The first-order valence-electron chi connectivity index (χ1n) is 6.72. The van der Waals surface area contributed by atoms with Gasteiger partial charge in [0.1, 0.15) is 4.90 Å². The highest BCUT2D eigenvalue weighted by molar-refractivity contribution is 7.89. The molecule has 0 saturated carbocycles. The van der Waals surface area contributed by atoms with Gasteiger partial charge in [-0.1, -0.05) is 11.6 Å². The lowest BCUT2D eigenvalue weighted by Crippen LogP contribution is -2.43. The molecule has 2 heterocycles. The molecule has 1 aromatic rings. The van der Waals surface area contributed by atoms with E-state index >= 15 is 0 Å². The van der Waals surface area contributed by atoms with Crippen molar-refractivity contribution < 1.29 is 23.1 Å². The van der Waals surface area contributed by atoms with Crippen molar-refractivity contribution in [3.63, 3.8) is 0 Å². The number of rotatable bonds is 5. The maximum absolute atomic E-state index is 12.5. The second kappa shape index (κ2) is 6.91. The van der Waals surface area contributed by atoms with Gasteiger partial charge in [0.2, 0.25) is 10.0 Å². The highest BCUT2D eigenvalue weighted by Gasteiger charge is 2.35. The van der Waals surface area contributed by atoms with E-state index in [1.54, 1.807) is 0 Å². The van der Waals surface area contributed by atoms with Crippen LogP contribution >= 0.6 is 11.6 Å². The molecule has 1 saturated heterocycles. The van der Waals surface area contributed by atoms with Crippen molar-refractivity contribution in [2.75, 3.05) is 20.2 Å². The summed E-state index contributed by atoms with van der Waals surface area (Å²) >= 11 is 5.78. The molecule has 122 valence electrons. The summed E-state index contributed by atoms with van der Waals surface area (Å²) in [5.41, 5.74) is 0. The Hall–Kier alpha value is -1.22. The van der Waals surface area contributed by atoms with Crippen LogP contribution in [0.3, 0.4) is 0 Å². The number of methoxy groups -OCH3 is 1. The van der Waals surface area contributed by atoms with Crippen LogP contribution in [-0.2, 0) is 19.6 Å². The van der Waals surface area contributed by atoms with E-state index < -0.39 is 22.1 Å². The van der Waals surface area contributed by atoms with Crippen LogP contribution in [0.25, 0.3) is 0 Å². The van der Waals surface area contributed by atoms with Crippen LogP contribution in [0.5, 0.6) is 0 Å². The van der Waals surface area contributed by atoms with Crippen molar-refractivity contribution >= 4 is 27.6 Å². The minimum atomic E-state index is -3.66. The molecular weight excluding hydrogens is 332 g/mol. The lowest BCUT2D eigenvalue weighted by molar-refractivity contribution is -0.152. The first kappa shape index (κ1) is 17.1. The topological polar surface area (TPSA) is 96.8 Å². The summed E-state index contributed by atoms with van der Waals surface area (Å²) in [5, 5.41) is 9.33. The lowest BCUT2D eigenvalue weighted by atomic mass is 9.92. The average Bonchev–Trinajstić information content (AvgIpc) is 2.48. The van der Waals surface area contributed by atoms with Crippen molar-refractivity contribution in [3.8, 4) is 0 Å². The Labute approximate surface area is 133 Å². The molecular formula is C13H17ClN2O5S. The van der Waals surface area contributed by atoms with Gasteiger partial charge in [0, 0.05) is 32.6 Å². The van der Waals surface area contributed by atoms with Gasteiger partial charge in [0.25, 0.3) is 0 Å². The molecule has 0 spiro atoms. The third-order valence-electron chi connectivity index (χ3n) is 3.74. The zero-order valence-electron chi connectivity index (χ0n) is 12.0. The van der Waals surface area contributed by atoms with Gasteiger partial charge in [0.15, 0.2) is 6.10 Å². The summed E-state index contributed by atoms with van der Waals surface area (Å²) in [6, 6.07) is 1.35. The molecule has 1 aliphatic rings. The van der Waals surface area contributed by atoms with Crippen molar-refractivity contribution in [3.05, 3.63) is 23.5 Å². The van der Waals surface area contributed by atoms with Crippen molar-refractivity contribution in [2.45, 2.75) is 23.8 Å². The molecule has 7 nitrogen and oxygen atoms in total. The predicted octanol–water partition coefficient (Wildman–Crippen LogP) is 1.24. The Morgan fingerprint density at radius 2 is 2.09 bits per heavy atom. The number of carboxylic acids is 1. The Morgan fingerprint density at radius 3 is 2.59 bits per heavy atom. The fourth-order valence-corrected chi connectivity index (χ4v) is 4.29. The van der Waals surface area contributed by atoms with Gasteiger partial charge in [-0.3, -0.25) is 4.98 Å². The van der Waals surface area contributed by atoms with E-state index in [-0.39, 0.29) is 28.9 Å². The summed E-state index contributed by atoms with van der Waals surface area (Å²) in [5.74, 6) is -1.23. The van der Waals surface area contributed by atoms with Crippen molar-refractivity contribution in [1.82, 2.24) is 9.29 Å². The molecule has 0 aliphatic carbocycles. The second-order valence-corrected chi connectivity index (χ2v) is 7.45. The maximum Gasteiger partial charge on any atom is 0.333 e. The smallest absolute Gasteiger partial charge is 0.333 e. The molecule has 1 aromatic heterocycles. The van der Waals surface area contributed by atoms with Crippen LogP contribution in [-0.4, -0.2) is 55.1 Å². The normalized spacial score (nSPS) is 19.0. The summed E-state index contributed by atoms with van der Waals surface area (Å²) in [6.45, 7) is 0.485. The van der Waals surface area contributed by atoms with Crippen molar-refractivity contribution in [1.29, 1.82) is 0 Å². The largest absolute Gasteiger partial charge is 0.479 e. The minimum Gasteiger partial charge on any atom is -0.479 e. The average molecular weight is 349 g/mol. The molecule has 1 N–H and O–H groups in total. The molecule has 2 rings (SSSR count). The zero-order valence-corrected chi connectivity index (χ0v) is 13.5. The Morgan fingerprint density at radius 1 is 1.45 bits per heavy atom. The van der Waals surface area contributed by atoms with Crippen LogP contribution in [0.2, 0.25) is 5.02 Å². The van der Waals surface area contributed by atoms with Crippen LogP contribution < -0.4 is 0 Å². The summed E-state index contributed by atoms with van der Waals surface area (Å²) in [7, 11) is -2.32. The fourth-order valence-electron chi connectivity index (χ4n) is 2.60. The number of aliphatic carboxylic acids is 1. The number of pyridine rings is 1. The van der Waals surface area contributed by atoms with Gasteiger partial charge in [-0.05, 0) is 24.8 Å². The fraction of sp³-hybridized carbons (Fsp3) is 0.538. The maximum atomic E-state index is 12.5. The SMILES string of the molecule is COC(C(=O)O)C1CCN(S(=O)(=O)c2cncc(Cl)c2)CC1. The molecule has 0 radical (unpaired) electrons. The van der Waals surface area contributed by atoms with E-state index in [1.807, 2.05) is 0 Å². The number of hydrogen-bond donors (Lipinski definition) is 1. The molecule has 9 heteroatoms. The van der Waals surface area contributed by atoms with Gasteiger partial charge in [-0.25, -0.2) is 13.2 Å². The van der Waals surface area contributed by atoms with E-state index in [4.69, 9.17) is 21.4 Å². The van der Waals surface area contributed by atoms with E-state index in [9.17, 15) is 13.2 Å². The Balaban J connectivity index is 2.09. The number of sulfonamides is 1. The number of hydrogen-bond acceptors (Lipinski definition) is 5. The second-order valence-electron chi connectivity index (χ2n) is 5.07. The molecule has 1 atom stereocenters. The van der Waals surface area contributed by atoms with Crippen LogP contribution in [0.15, 0.2) is 23.4 Å². The predicted molar refractivity (Wildman–Crippen MR) is 79.2 cm³/mol. The molecule has 0 amide bonds. The van der Waals surface area contributed by atoms with Gasteiger partial charge < -0.3 is 9.84 Å². The van der Waals surface area contributed by atoms with E-state index in [0.29, 0.717) is 12.8 Å². The molecule has 22 heavy (non-hydrogen) atoms. The number of ether oxygens (including phenoxy) is 1. The number of piperidine rings is 1. The number of aromatic nitrogens is 1. The number of nitrogens with zero attached hydrogens (tertiary/aromatic N) is 2. The Kier molecular flexibility index (Phi) is 5.38. The van der Waals surface area contributed by atoms with E-state index in [0.717, 1.165) is 0 Å². The molecule has 1 unspecified atom stereocenters. The molecule has 1 aliphatic heterocycles. The molecule has 0 bridgehead atoms. The standard InChI is InChI=1S/C13H17ClN2O5S/c1-21-12(13(17)18)9-2-4-16(5-3-9)22(19,20)11-6-10(14)7-15-8-11/h6-9,12H,2-5H2,1H3,(H,17,18). The summed E-state index contributed by atoms with van der Waals surface area (Å²) in [4.78, 5) is 14.9. The van der Waals surface area contributed by atoms with Gasteiger partial charge in [0.05, 0.1) is 5.02 Å². The monoisotopic (exact) mass is 348 g/mol. The minimum absolute atomic E-state index is 0.0416. The quantitative estimate of drug-likeness (QED) is 0.859. The number of carboxylic acid groups (broad SMARTS) is 1. The molecule has 0 aromatic carbocycles. The van der Waals surface area contributed by atoms with Crippen LogP contribution in [0.1, 0.15) is 12.8 Å². The number of halogens is 1. The van der Waals surface area contributed by atoms with Gasteiger partial charge in [-0.15, -0.1) is 0 Å². The highest BCUT2D eigenvalue weighted by Crippen LogP contribution is 2.27. The summed E-state index contributed by atoms with van der Waals surface area (Å²) in [6.07, 6.45) is 2.57. The number of carbonyl (C=O) groups is 1. The third kappa shape index (κ3) is 3.57. The van der Waals surface area contributed by atoms with E-state index in [1.165, 1.54) is 29.9 Å². The highest BCUT2D eigenvalue weighted by atomic mass is 35.5. The van der Waals surface area contributed by atoms with Crippen molar-refractivity contribution in [2.24, 2.45) is 5.92 Å². The Bertz CT molecular complexity index is 644. The third-order valence-corrected chi connectivity index (χ3v) is 5.81. The van der Waals surface area contributed by atoms with Gasteiger partial charge >= 0.3 is 5.97 Å². The summed E-state index contributed by atoms with van der Waals surface area (Å²) < 4.78 is 31.3. The zero-order chi connectivity index (χ0) is 16.3. The van der Waals surface area contributed by atoms with Crippen LogP contribution in [0.4, 0.5) is 0 Å². The first-order valence-corrected chi connectivity index (χ1v) is 8.54. The van der Waals surface area contributed by atoms with Gasteiger partial charge in [-0.2, -0.15) is 4.31 Å². The van der Waals surface area contributed by atoms with E-state index in [2.05, 4.69) is 4.98 Å². The lowest BCUT2D eigenvalue weighted by Gasteiger charge is -2.33. The van der Waals surface area contributed by atoms with Crippen LogP contribution in [0, 0.1) is 5.92 Å². The first-order chi connectivity index (χ1) is 10.4.